The molecule has 1 fully saturated rings. The van der Waals surface area contributed by atoms with E-state index in [1.165, 1.54) is 0 Å². The summed E-state index contributed by atoms with van der Waals surface area (Å²) in [5.41, 5.74) is 0.947. The van der Waals surface area contributed by atoms with Gasteiger partial charge in [-0.1, -0.05) is 25.1 Å². The Kier molecular flexibility index (Phi) is 5.86. The number of para-hydroxylation sites is 1. The monoisotopic (exact) mass is 394 g/mol. The van der Waals surface area contributed by atoms with Gasteiger partial charge in [-0.3, -0.25) is 4.79 Å². The minimum absolute atomic E-state index is 0.260. The van der Waals surface area contributed by atoms with Gasteiger partial charge in [0.15, 0.2) is 5.82 Å². The number of thiophene rings is 1. The number of hydrogen-bond acceptors (Lipinski definition) is 5. The first-order chi connectivity index (χ1) is 13.8. The molecule has 0 bridgehead atoms. The van der Waals surface area contributed by atoms with Gasteiger partial charge in [0.25, 0.3) is 0 Å². The van der Waals surface area contributed by atoms with Crippen LogP contribution in [0.25, 0.3) is 21.6 Å². The molecular formula is C22H26N4OS. The Hall–Kier alpha value is -2.47. The van der Waals surface area contributed by atoms with Gasteiger partial charge in [-0.05, 0) is 42.8 Å². The van der Waals surface area contributed by atoms with Gasteiger partial charge in [-0.25, -0.2) is 9.97 Å². The average Bonchev–Trinajstić information content (AvgIpc) is 3.44. The SMILES string of the molecule is CCCN(CCC(=O)N1CCCC1)c1nc(-c2cccs2)nc2ccccc12. The number of likely N-dealkylation sites (tertiary alicyclic amines) is 1. The lowest BCUT2D eigenvalue weighted by Gasteiger charge is -2.26. The van der Waals surface area contributed by atoms with Crippen LogP contribution in [0.3, 0.4) is 0 Å². The Morgan fingerprint density at radius 3 is 2.68 bits per heavy atom. The summed E-state index contributed by atoms with van der Waals surface area (Å²) in [5.74, 6) is 1.95. The molecule has 146 valence electrons. The van der Waals surface area contributed by atoms with Gasteiger partial charge in [0.2, 0.25) is 5.91 Å². The highest BCUT2D eigenvalue weighted by Crippen LogP contribution is 2.29. The largest absolute Gasteiger partial charge is 0.355 e. The highest BCUT2D eigenvalue weighted by atomic mass is 32.1. The van der Waals surface area contributed by atoms with Crippen LogP contribution < -0.4 is 4.90 Å². The quantitative estimate of drug-likeness (QED) is 0.588. The highest BCUT2D eigenvalue weighted by molar-refractivity contribution is 7.13. The fourth-order valence-corrected chi connectivity index (χ4v) is 4.42. The molecule has 5 nitrogen and oxygen atoms in total. The number of carbonyl (C=O) groups is 1. The molecule has 1 aliphatic rings. The summed E-state index contributed by atoms with van der Waals surface area (Å²) in [5, 5.41) is 3.09. The standard InChI is InChI=1S/C22H26N4OS/c1-2-12-26(15-11-20(27)25-13-5-6-14-25)22-17-8-3-4-9-18(17)23-21(24-22)19-10-7-16-28-19/h3-4,7-10,16H,2,5-6,11-15H2,1H3. The van der Waals surface area contributed by atoms with Crippen molar-refractivity contribution in [3.8, 4) is 10.7 Å². The van der Waals surface area contributed by atoms with E-state index >= 15 is 0 Å². The molecule has 0 saturated carbocycles. The Balaban J connectivity index is 1.65. The predicted octanol–water partition coefficient (Wildman–Crippen LogP) is 4.59. The Morgan fingerprint density at radius 2 is 1.93 bits per heavy atom. The molecule has 0 unspecified atom stereocenters. The van der Waals surface area contributed by atoms with E-state index in [2.05, 4.69) is 24.0 Å². The number of rotatable bonds is 7. The van der Waals surface area contributed by atoms with Crippen molar-refractivity contribution < 1.29 is 4.79 Å². The van der Waals surface area contributed by atoms with Crippen molar-refractivity contribution in [3.05, 3.63) is 41.8 Å². The van der Waals surface area contributed by atoms with Crippen molar-refractivity contribution >= 4 is 34.0 Å². The van der Waals surface area contributed by atoms with Gasteiger partial charge >= 0.3 is 0 Å². The number of hydrogen-bond donors (Lipinski definition) is 0. The molecule has 1 amide bonds. The summed E-state index contributed by atoms with van der Waals surface area (Å²) in [6, 6.07) is 12.2. The summed E-state index contributed by atoms with van der Waals surface area (Å²) in [4.78, 5) is 27.6. The number of amides is 1. The molecule has 0 radical (unpaired) electrons. The second-order valence-corrected chi connectivity index (χ2v) is 8.14. The van der Waals surface area contributed by atoms with Crippen molar-refractivity contribution in [1.29, 1.82) is 0 Å². The van der Waals surface area contributed by atoms with Crippen LogP contribution in [0.4, 0.5) is 5.82 Å². The fraction of sp³-hybridized carbons (Fsp3) is 0.409. The van der Waals surface area contributed by atoms with Crippen molar-refractivity contribution in [3.63, 3.8) is 0 Å². The van der Waals surface area contributed by atoms with E-state index < -0.39 is 0 Å². The van der Waals surface area contributed by atoms with Crippen molar-refractivity contribution in [2.75, 3.05) is 31.1 Å². The number of anilines is 1. The molecule has 1 aliphatic heterocycles. The number of carbonyl (C=O) groups excluding carboxylic acids is 1. The molecule has 0 spiro atoms. The zero-order valence-corrected chi connectivity index (χ0v) is 17.1. The van der Waals surface area contributed by atoms with E-state index in [0.29, 0.717) is 13.0 Å². The Morgan fingerprint density at radius 1 is 1.11 bits per heavy atom. The molecule has 6 heteroatoms. The third-order valence-electron chi connectivity index (χ3n) is 5.17. The number of fused-ring (bicyclic) bond motifs is 1. The first-order valence-corrected chi connectivity index (χ1v) is 11.0. The van der Waals surface area contributed by atoms with Crippen molar-refractivity contribution in [1.82, 2.24) is 14.9 Å². The van der Waals surface area contributed by atoms with Crippen LogP contribution in [0.2, 0.25) is 0 Å². The van der Waals surface area contributed by atoms with E-state index in [1.54, 1.807) is 11.3 Å². The summed E-state index contributed by atoms with van der Waals surface area (Å²) in [6.07, 6.45) is 3.80. The first-order valence-electron chi connectivity index (χ1n) is 10.1. The lowest BCUT2D eigenvalue weighted by Crippen LogP contribution is -2.33. The Labute approximate surface area is 170 Å². The van der Waals surface area contributed by atoms with Gasteiger partial charge in [0, 0.05) is 38.0 Å². The molecule has 0 aliphatic carbocycles. The van der Waals surface area contributed by atoms with E-state index in [4.69, 9.17) is 9.97 Å². The molecule has 0 N–H and O–H groups in total. The summed E-state index contributed by atoms with van der Waals surface area (Å²) in [7, 11) is 0. The predicted molar refractivity (Wildman–Crippen MR) is 116 cm³/mol. The van der Waals surface area contributed by atoms with E-state index in [-0.39, 0.29) is 5.91 Å². The van der Waals surface area contributed by atoms with Crippen LogP contribution >= 0.6 is 11.3 Å². The minimum atomic E-state index is 0.260. The molecule has 3 heterocycles. The van der Waals surface area contributed by atoms with Crippen LogP contribution in [-0.4, -0.2) is 47.0 Å². The summed E-state index contributed by atoms with van der Waals surface area (Å²) >= 11 is 1.65. The van der Waals surface area contributed by atoms with Crippen LogP contribution in [0.5, 0.6) is 0 Å². The lowest BCUT2D eigenvalue weighted by molar-refractivity contribution is -0.129. The molecule has 0 atom stereocenters. The average molecular weight is 395 g/mol. The molecule has 4 rings (SSSR count). The van der Waals surface area contributed by atoms with Gasteiger partial charge in [0.1, 0.15) is 5.82 Å². The smallest absolute Gasteiger partial charge is 0.224 e. The number of aromatic nitrogens is 2. The maximum Gasteiger partial charge on any atom is 0.224 e. The molecule has 1 aromatic carbocycles. The third kappa shape index (κ3) is 4.02. The van der Waals surface area contributed by atoms with Gasteiger partial charge in [-0.2, -0.15) is 0 Å². The minimum Gasteiger partial charge on any atom is -0.355 e. The van der Waals surface area contributed by atoms with E-state index in [1.807, 2.05) is 34.5 Å². The van der Waals surface area contributed by atoms with Gasteiger partial charge < -0.3 is 9.80 Å². The summed E-state index contributed by atoms with van der Waals surface area (Å²) < 4.78 is 0. The zero-order chi connectivity index (χ0) is 19.3. The van der Waals surface area contributed by atoms with Crippen LogP contribution in [-0.2, 0) is 4.79 Å². The van der Waals surface area contributed by atoms with E-state index in [9.17, 15) is 4.79 Å². The van der Waals surface area contributed by atoms with Crippen molar-refractivity contribution in [2.24, 2.45) is 0 Å². The number of nitrogens with zero attached hydrogens (tertiary/aromatic N) is 4. The second kappa shape index (κ2) is 8.69. The second-order valence-electron chi connectivity index (χ2n) is 7.19. The molecule has 3 aromatic rings. The molecule has 2 aromatic heterocycles. The topological polar surface area (TPSA) is 49.3 Å². The molecular weight excluding hydrogens is 368 g/mol. The fourth-order valence-electron chi connectivity index (χ4n) is 3.77. The van der Waals surface area contributed by atoms with Crippen molar-refractivity contribution in [2.45, 2.75) is 32.6 Å². The Bertz CT molecular complexity index is 935. The lowest BCUT2D eigenvalue weighted by atomic mass is 10.2. The number of benzene rings is 1. The van der Waals surface area contributed by atoms with Crippen LogP contribution in [0.15, 0.2) is 41.8 Å². The van der Waals surface area contributed by atoms with Crippen LogP contribution in [0, 0.1) is 0 Å². The third-order valence-corrected chi connectivity index (χ3v) is 6.04. The van der Waals surface area contributed by atoms with Crippen LogP contribution in [0.1, 0.15) is 32.6 Å². The van der Waals surface area contributed by atoms with Gasteiger partial charge in [-0.15, -0.1) is 11.3 Å². The highest BCUT2D eigenvalue weighted by Gasteiger charge is 2.20. The first kappa shape index (κ1) is 18.9. The van der Waals surface area contributed by atoms with E-state index in [0.717, 1.165) is 66.3 Å². The zero-order valence-electron chi connectivity index (χ0n) is 16.3. The van der Waals surface area contributed by atoms with Gasteiger partial charge in [0.05, 0.1) is 10.4 Å². The maximum atomic E-state index is 12.6. The normalized spacial score (nSPS) is 14.0. The molecule has 28 heavy (non-hydrogen) atoms. The molecule has 1 saturated heterocycles. The summed E-state index contributed by atoms with van der Waals surface area (Å²) in [6.45, 7) is 5.54. The maximum absolute atomic E-state index is 12.6.